The second-order valence-corrected chi connectivity index (χ2v) is 5.96. The first kappa shape index (κ1) is 17.6. The van der Waals surface area contributed by atoms with Crippen LogP contribution in [0.1, 0.15) is 21.6 Å². The Morgan fingerprint density at radius 2 is 1.92 bits per heavy atom. The standard InChI is InChI=1S/C16H17F3N2O4/c1-20-11-7-10(16(17,18)19)13(22)6-9(11)14(15(23)24)12(20)8-21-2-4-25-5-3-21/h6-7,22H,2-5,8H2,1H3,(H,23,24). The molecule has 0 amide bonds. The number of aromatic nitrogens is 1. The van der Waals surface area contributed by atoms with Crippen LogP contribution in [0.5, 0.6) is 5.75 Å². The first-order valence-electron chi connectivity index (χ1n) is 7.65. The highest BCUT2D eigenvalue weighted by atomic mass is 19.4. The third kappa shape index (κ3) is 3.16. The normalized spacial score (nSPS) is 16.5. The lowest BCUT2D eigenvalue weighted by Crippen LogP contribution is -2.36. The summed E-state index contributed by atoms with van der Waals surface area (Å²) in [5.41, 5.74) is -0.766. The van der Waals surface area contributed by atoms with E-state index in [4.69, 9.17) is 4.74 Å². The Morgan fingerprint density at radius 1 is 1.28 bits per heavy atom. The summed E-state index contributed by atoms with van der Waals surface area (Å²) < 4.78 is 45.8. The number of carboxylic acids is 1. The van der Waals surface area contributed by atoms with Gasteiger partial charge in [-0.15, -0.1) is 0 Å². The largest absolute Gasteiger partial charge is 0.507 e. The number of halogens is 3. The molecule has 0 unspecified atom stereocenters. The first-order chi connectivity index (χ1) is 11.7. The van der Waals surface area contributed by atoms with Gasteiger partial charge >= 0.3 is 12.1 Å². The molecule has 1 aromatic carbocycles. The number of fused-ring (bicyclic) bond motifs is 1. The fraction of sp³-hybridized carbons (Fsp3) is 0.438. The second-order valence-electron chi connectivity index (χ2n) is 5.96. The smallest absolute Gasteiger partial charge is 0.420 e. The molecule has 1 fully saturated rings. The molecular formula is C16H17F3N2O4. The Hall–Kier alpha value is -2.26. The molecule has 2 heterocycles. The molecule has 1 aliphatic rings. The number of carboxylic acid groups (broad SMARTS) is 1. The molecule has 0 saturated carbocycles. The van der Waals surface area contributed by atoms with Gasteiger partial charge in [0.2, 0.25) is 0 Å². The highest BCUT2D eigenvalue weighted by Gasteiger charge is 2.35. The van der Waals surface area contributed by atoms with Gasteiger partial charge in [0.25, 0.3) is 0 Å². The molecule has 1 aliphatic heterocycles. The monoisotopic (exact) mass is 358 g/mol. The van der Waals surface area contributed by atoms with E-state index in [-0.39, 0.29) is 23.0 Å². The number of aromatic carboxylic acids is 1. The molecule has 0 radical (unpaired) electrons. The number of aryl methyl sites for hydroxylation is 1. The van der Waals surface area contributed by atoms with Crippen molar-refractivity contribution >= 4 is 16.9 Å². The number of hydrogen-bond donors (Lipinski definition) is 2. The van der Waals surface area contributed by atoms with Gasteiger partial charge in [-0.2, -0.15) is 13.2 Å². The maximum Gasteiger partial charge on any atom is 0.420 e. The van der Waals surface area contributed by atoms with Crippen molar-refractivity contribution in [2.24, 2.45) is 7.05 Å². The zero-order valence-corrected chi connectivity index (χ0v) is 13.4. The van der Waals surface area contributed by atoms with E-state index in [1.807, 2.05) is 4.90 Å². The molecule has 0 atom stereocenters. The summed E-state index contributed by atoms with van der Waals surface area (Å²) in [7, 11) is 1.53. The number of carbonyl (C=O) groups is 1. The van der Waals surface area contributed by atoms with Crippen molar-refractivity contribution in [3.05, 3.63) is 29.0 Å². The first-order valence-corrected chi connectivity index (χ1v) is 7.65. The third-order valence-electron chi connectivity index (χ3n) is 4.43. The zero-order chi connectivity index (χ0) is 18.4. The van der Waals surface area contributed by atoms with Crippen LogP contribution in [0.25, 0.3) is 10.9 Å². The van der Waals surface area contributed by atoms with Gasteiger partial charge in [-0.1, -0.05) is 0 Å². The van der Waals surface area contributed by atoms with Crippen molar-refractivity contribution in [1.82, 2.24) is 9.47 Å². The third-order valence-corrected chi connectivity index (χ3v) is 4.43. The number of rotatable bonds is 3. The highest BCUT2D eigenvalue weighted by Crippen LogP contribution is 2.40. The van der Waals surface area contributed by atoms with E-state index in [2.05, 4.69) is 0 Å². The van der Waals surface area contributed by atoms with Crippen LogP contribution in [0.2, 0.25) is 0 Å². The van der Waals surface area contributed by atoms with Crippen LogP contribution < -0.4 is 0 Å². The number of benzene rings is 1. The number of aromatic hydroxyl groups is 1. The van der Waals surface area contributed by atoms with E-state index in [0.29, 0.717) is 32.0 Å². The number of phenolic OH excluding ortho intramolecular Hbond substituents is 1. The van der Waals surface area contributed by atoms with Gasteiger partial charge in [0, 0.05) is 43.3 Å². The minimum absolute atomic E-state index is 0.0868. The van der Waals surface area contributed by atoms with Crippen LogP contribution >= 0.6 is 0 Å². The van der Waals surface area contributed by atoms with Crippen molar-refractivity contribution in [2.75, 3.05) is 26.3 Å². The van der Waals surface area contributed by atoms with E-state index in [9.17, 15) is 28.2 Å². The molecule has 25 heavy (non-hydrogen) atoms. The Morgan fingerprint density at radius 3 is 2.48 bits per heavy atom. The number of morpholine rings is 1. The molecule has 1 saturated heterocycles. The van der Waals surface area contributed by atoms with Crippen molar-refractivity contribution < 1.29 is 32.9 Å². The average Bonchev–Trinajstić information content (AvgIpc) is 2.78. The Kier molecular flexibility index (Phi) is 4.38. The quantitative estimate of drug-likeness (QED) is 0.882. The molecular weight excluding hydrogens is 341 g/mol. The van der Waals surface area contributed by atoms with Crippen molar-refractivity contribution in [3.8, 4) is 5.75 Å². The van der Waals surface area contributed by atoms with Gasteiger partial charge in [0.05, 0.1) is 24.3 Å². The number of phenols is 1. The molecule has 0 bridgehead atoms. The molecule has 2 N–H and O–H groups in total. The summed E-state index contributed by atoms with van der Waals surface area (Å²) in [5.74, 6) is -2.22. The summed E-state index contributed by atoms with van der Waals surface area (Å²) in [6.07, 6.45) is -4.73. The van der Waals surface area contributed by atoms with E-state index in [1.165, 1.54) is 11.6 Å². The molecule has 6 nitrogen and oxygen atoms in total. The highest BCUT2D eigenvalue weighted by molar-refractivity contribution is 6.05. The topological polar surface area (TPSA) is 74.9 Å². The Bertz CT molecular complexity index is 823. The summed E-state index contributed by atoms with van der Waals surface area (Å²) in [6, 6.07) is 1.67. The minimum atomic E-state index is -4.73. The minimum Gasteiger partial charge on any atom is -0.507 e. The Balaban J connectivity index is 2.17. The lowest BCUT2D eigenvalue weighted by atomic mass is 10.1. The van der Waals surface area contributed by atoms with E-state index >= 15 is 0 Å². The number of alkyl halides is 3. The summed E-state index contributed by atoms with van der Waals surface area (Å²) in [6.45, 7) is 2.54. The lowest BCUT2D eigenvalue weighted by molar-refractivity contribution is -0.138. The van der Waals surface area contributed by atoms with Gasteiger partial charge in [-0.05, 0) is 12.1 Å². The summed E-state index contributed by atoms with van der Waals surface area (Å²) in [5, 5.41) is 19.4. The van der Waals surface area contributed by atoms with Gasteiger partial charge in [-0.3, -0.25) is 4.90 Å². The van der Waals surface area contributed by atoms with Gasteiger partial charge in [0.15, 0.2) is 0 Å². The van der Waals surface area contributed by atoms with E-state index < -0.39 is 23.5 Å². The fourth-order valence-electron chi connectivity index (χ4n) is 3.15. The molecule has 3 rings (SSSR count). The maximum atomic E-state index is 13.0. The van der Waals surface area contributed by atoms with Crippen LogP contribution in [0.4, 0.5) is 13.2 Å². The van der Waals surface area contributed by atoms with Gasteiger partial charge in [0.1, 0.15) is 5.75 Å². The van der Waals surface area contributed by atoms with Crippen LogP contribution in [-0.2, 0) is 24.5 Å². The van der Waals surface area contributed by atoms with E-state index in [0.717, 1.165) is 12.1 Å². The second kappa shape index (κ2) is 6.23. The van der Waals surface area contributed by atoms with Crippen molar-refractivity contribution in [3.63, 3.8) is 0 Å². The summed E-state index contributed by atoms with van der Waals surface area (Å²) in [4.78, 5) is 13.7. The number of hydrogen-bond acceptors (Lipinski definition) is 4. The molecule has 2 aromatic rings. The lowest BCUT2D eigenvalue weighted by Gasteiger charge is -2.27. The van der Waals surface area contributed by atoms with Gasteiger partial charge < -0.3 is 19.5 Å². The summed E-state index contributed by atoms with van der Waals surface area (Å²) >= 11 is 0. The number of ether oxygens (including phenoxy) is 1. The van der Waals surface area contributed by atoms with E-state index in [1.54, 1.807) is 0 Å². The SMILES string of the molecule is Cn1c(CN2CCOCC2)c(C(=O)O)c2cc(O)c(C(F)(F)F)cc21. The average molecular weight is 358 g/mol. The maximum absolute atomic E-state index is 13.0. The molecule has 0 aliphatic carbocycles. The predicted octanol–water partition coefficient (Wildman–Crippen LogP) is 2.43. The predicted molar refractivity (Wildman–Crippen MR) is 82.6 cm³/mol. The van der Waals surface area contributed by atoms with Crippen LogP contribution in [0, 0.1) is 0 Å². The number of nitrogens with zero attached hydrogens (tertiary/aromatic N) is 2. The molecule has 1 aromatic heterocycles. The van der Waals surface area contributed by atoms with Crippen LogP contribution in [-0.4, -0.2) is 52.0 Å². The van der Waals surface area contributed by atoms with Crippen molar-refractivity contribution in [1.29, 1.82) is 0 Å². The molecule has 9 heteroatoms. The fourth-order valence-corrected chi connectivity index (χ4v) is 3.15. The van der Waals surface area contributed by atoms with Crippen LogP contribution in [0.15, 0.2) is 12.1 Å². The Labute approximate surface area is 141 Å². The molecule has 136 valence electrons. The van der Waals surface area contributed by atoms with Gasteiger partial charge in [-0.25, -0.2) is 4.79 Å². The zero-order valence-electron chi connectivity index (χ0n) is 13.4. The van der Waals surface area contributed by atoms with Crippen molar-refractivity contribution in [2.45, 2.75) is 12.7 Å². The molecule has 0 spiro atoms. The van der Waals surface area contributed by atoms with Crippen LogP contribution in [0.3, 0.4) is 0 Å².